The van der Waals surface area contributed by atoms with Crippen molar-refractivity contribution in [3.05, 3.63) is 64.1 Å². The molecule has 0 bridgehead atoms. The van der Waals surface area contributed by atoms with Crippen molar-refractivity contribution in [3.8, 4) is 5.75 Å². The Kier molecular flexibility index (Phi) is 4.27. The van der Waals surface area contributed by atoms with E-state index in [2.05, 4.69) is 28.1 Å². The fraction of sp³-hybridized carbons (Fsp3) is 0.250. The minimum atomic E-state index is -0.458. The van der Waals surface area contributed by atoms with Gasteiger partial charge in [0.25, 0.3) is 0 Å². The molecule has 0 aliphatic rings. The Morgan fingerprint density at radius 3 is 2.37 bits per heavy atom. The van der Waals surface area contributed by atoms with Gasteiger partial charge in [-0.1, -0.05) is 46.3 Å². The third-order valence-electron chi connectivity index (χ3n) is 3.21. The van der Waals surface area contributed by atoms with Crippen LogP contribution in [-0.4, -0.2) is 7.11 Å². The van der Waals surface area contributed by atoms with Crippen LogP contribution in [0, 0.1) is 0 Å². The molecule has 0 amide bonds. The molecule has 2 rings (SSSR count). The third-order valence-corrected chi connectivity index (χ3v) is 3.74. The van der Waals surface area contributed by atoms with Gasteiger partial charge in [-0.15, -0.1) is 0 Å². The van der Waals surface area contributed by atoms with Crippen molar-refractivity contribution < 1.29 is 4.74 Å². The maximum absolute atomic E-state index is 6.49. The van der Waals surface area contributed by atoms with E-state index in [0.717, 1.165) is 22.2 Å². The van der Waals surface area contributed by atoms with Crippen LogP contribution in [-0.2, 0) is 12.0 Å². The van der Waals surface area contributed by atoms with Crippen molar-refractivity contribution in [1.82, 2.24) is 0 Å². The van der Waals surface area contributed by atoms with Crippen molar-refractivity contribution in [2.45, 2.75) is 18.9 Å². The molecule has 0 heterocycles. The summed E-state index contributed by atoms with van der Waals surface area (Å²) in [5.41, 5.74) is 8.27. The SMILES string of the molecule is COc1ccccc1C(C)(N)Cc1ccc(Br)cc1. The number of para-hydroxylation sites is 1. The van der Waals surface area contributed by atoms with E-state index >= 15 is 0 Å². The highest BCUT2D eigenvalue weighted by molar-refractivity contribution is 9.10. The molecule has 0 aliphatic carbocycles. The Hall–Kier alpha value is -1.32. The van der Waals surface area contributed by atoms with Crippen LogP contribution in [0.1, 0.15) is 18.1 Å². The van der Waals surface area contributed by atoms with Gasteiger partial charge in [0.05, 0.1) is 7.11 Å². The summed E-state index contributed by atoms with van der Waals surface area (Å²) in [6, 6.07) is 16.2. The number of benzene rings is 2. The molecular weight excluding hydrogens is 302 g/mol. The first kappa shape index (κ1) is 14.1. The summed E-state index contributed by atoms with van der Waals surface area (Å²) in [6.07, 6.45) is 0.765. The van der Waals surface area contributed by atoms with Gasteiger partial charge in [-0.2, -0.15) is 0 Å². The number of rotatable bonds is 4. The monoisotopic (exact) mass is 319 g/mol. The number of hydrogen-bond acceptors (Lipinski definition) is 2. The summed E-state index contributed by atoms with van der Waals surface area (Å²) in [5.74, 6) is 0.838. The van der Waals surface area contributed by atoms with E-state index in [0.29, 0.717) is 0 Å². The van der Waals surface area contributed by atoms with Crippen molar-refractivity contribution in [1.29, 1.82) is 0 Å². The molecule has 0 saturated heterocycles. The zero-order chi connectivity index (χ0) is 13.9. The number of methoxy groups -OCH3 is 1. The highest BCUT2D eigenvalue weighted by Gasteiger charge is 2.25. The second-order valence-electron chi connectivity index (χ2n) is 4.92. The summed E-state index contributed by atoms with van der Waals surface area (Å²) >= 11 is 3.44. The summed E-state index contributed by atoms with van der Waals surface area (Å²) < 4.78 is 6.48. The lowest BCUT2D eigenvalue weighted by atomic mass is 9.86. The zero-order valence-electron chi connectivity index (χ0n) is 11.2. The average molecular weight is 320 g/mol. The minimum Gasteiger partial charge on any atom is -0.496 e. The highest BCUT2D eigenvalue weighted by atomic mass is 79.9. The fourth-order valence-electron chi connectivity index (χ4n) is 2.24. The smallest absolute Gasteiger partial charge is 0.123 e. The van der Waals surface area contributed by atoms with Crippen LogP contribution in [0.5, 0.6) is 5.75 Å². The molecule has 0 spiro atoms. The molecule has 2 aromatic carbocycles. The topological polar surface area (TPSA) is 35.2 Å². The lowest BCUT2D eigenvalue weighted by Gasteiger charge is -2.27. The molecule has 0 saturated carbocycles. The minimum absolute atomic E-state index is 0.458. The predicted octanol–water partition coefficient (Wildman–Crippen LogP) is 3.87. The van der Waals surface area contributed by atoms with E-state index in [1.807, 2.05) is 43.3 Å². The van der Waals surface area contributed by atoms with Gasteiger partial charge in [0.2, 0.25) is 0 Å². The van der Waals surface area contributed by atoms with Crippen LogP contribution in [0.4, 0.5) is 0 Å². The molecule has 0 fully saturated rings. The summed E-state index contributed by atoms with van der Waals surface area (Å²) in [7, 11) is 1.68. The molecule has 1 unspecified atom stereocenters. The molecule has 0 aliphatic heterocycles. The van der Waals surface area contributed by atoms with Gasteiger partial charge < -0.3 is 10.5 Å². The van der Waals surface area contributed by atoms with Gasteiger partial charge in [-0.3, -0.25) is 0 Å². The van der Waals surface area contributed by atoms with Gasteiger partial charge in [-0.05, 0) is 37.1 Å². The Morgan fingerprint density at radius 1 is 1.11 bits per heavy atom. The maximum atomic E-state index is 6.49. The standard InChI is InChI=1S/C16H18BrNO/c1-16(18,11-12-7-9-13(17)10-8-12)14-5-3-4-6-15(14)19-2/h3-10H,11,18H2,1-2H3. The van der Waals surface area contributed by atoms with Crippen LogP contribution in [0.3, 0.4) is 0 Å². The molecule has 2 N–H and O–H groups in total. The van der Waals surface area contributed by atoms with Crippen molar-refractivity contribution in [2.24, 2.45) is 5.73 Å². The third kappa shape index (κ3) is 3.37. The number of halogens is 1. The van der Waals surface area contributed by atoms with E-state index in [4.69, 9.17) is 10.5 Å². The zero-order valence-corrected chi connectivity index (χ0v) is 12.8. The van der Waals surface area contributed by atoms with E-state index in [-0.39, 0.29) is 0 Å². The first-order chi connectivity index (χ1) is 9.03. The Morgan fingerprint density at radius 2 is 1.74 bits per heavy atom. The second kappa shape index (κ2) is 5.76. The van der Waals surface area contributed by atoms with Gasteiger partial charge in [0, 0.05) is 15.6 Å². The molecule has 100 valence electrons. The Bertz CT molecular complexity index is 549. The average Bonchev–Trinajstić information content (AvgIpc) is 2.41. The molecule has 2 nitrogen and oxygen atoms in total. The Balaban J connectivity index is 2.29. The summed E-state index contributed by atoms with van der Waals surface area (Å²) in [4.78, 5) is 0. The fourth-order valence-corrected chi connectivity index (χ4v) is 2.50. The first-order valence-corrected chi connectivity index (χ1v) is 6.99. The van der Waals surface area contributed by atoms with Gasteiger partial charge in [0.15, 0.2) is 0 Å². The maximum Gasteiger partial charge on any atom is 0.123 e. The number of ether oxygens (including phenoxy) is 1. The van der Waals surface area contributed by atoms with E-state index in [1.165, 1.54) is 5.56 Å². The number of nitrogens with two attached hydrogens (primary N) is 1. The normalized spacial score (nSPS) is 13.9. The number of hydrogen-bond donors (Lipinski definition) is 1. The first-order valence-electron chi connectivity index (χ1n) is 6.20. The van der Waals surface area contributed by atoms with E-state index in [1.54, 1.807) is 7.11 Å². The quantitative estimate of drug-likeness (QED) is 0.928. The van der Waals surface area contributed by atoms with Crippen LogP contribution < -0.4 is 10.5 Å². The second-order valence-corrected chi connectivity index (χ2v) is 5.84. The lowest BCUT2D eigenvalue weighted by Crippen LogP contribution is -2.35. The predicted molar refractivity (Wildman–Crippen MR) is 82.4 cm³/mol. The molecule has 19 heavy (non-hydrogen) atoms. The van der Waals surface area contributed by atoms with Crippen molar-refractivity contribution in [2.75, 3.05) is 7.11 Å². The largest absolute Gasteiger partial charge is 0.496 e. The van der Waals surface area contributed by atoms with Crippen LogP contribution in [0.2, 0.25) is 0 Å². The van der Waals surface area contributed by atoms with E-state index < -0.39 is 5.54 Å². The molecule has 3 heteroatoms. The van der Waals surface area contributed by atoms with Crippen LogP contribution in [0.25, 0.3) is 0 Å². The van der Waals surface area contributed by atoms with Crippen LogP contribution in [0.15, 0.2) is 53.0 Å². The molecular formula is C16H18BrNO. The lowest BCUT2D eigenvalue weighted by molar-refractivity contribution is 0.386. The van der Waals surface area contributed by atoms with E-state index in [9.17, 15) is 0 Å². The highest BCUT2D eigenvalue weighted by Crippen LogP contribution is 2.30. The van der Waals surface area contributed by atoms with Gasteiger partial charge in [-0.25, -0.2) is 0 Å². The van der Waals surface area contributed by atoms with Gasteiger partial charge in [0.1, 0.15) is 5.75 Å². The van der Waals surface area contributed by atoms with Gasteiger partial charge >= 0.3 is 0 Å². The molecule has 1 atom stereocenters. The summed E-state index contributed by atoms with van der Waals surface area (Å²) in [5, 5.41) is 0. The molecule has 2 aromatic rings. The van der Waals surface area contributed by atoms with Crippen LogP contribution >= 0.6 is 15.9 Å². The van der Waals surface area contributed by atoms with Crippen molar-refractivity contribution >= 4 is 15.9 Å². The Labute approximate surface area is 122 Å². The molecule has 0 radical (unpaired) electrons. The molecule has 0 aromatic heterocycles. The van der Waals surface area contributed by atoms with Crippen molar-refractivity contribution in [3.63, 3.8) is 0 Å². The summed E-state index contributed by atoms with van der Waals surface area (Å²) in [6.45, 7) is 2.03.